The van der Waals surface area contributed by atoms with E-state index in [9.17, 15) is 18.0 Å². The van der Waals surface area contributed by atoms with Gasteiger partial charge in [-0.3, -0.25) is 4.79 Å². The second-order valence-electron chi connectivity index (χ2n) is 9.98. The van der Waals surface area contributed by atoms with Crippen LogP contribution in [0.4, 0.5) is 13.2 Å². The lowest BCUT2D eigenvalue weighted by molar-refractivity contribution is -0.137. The molecule has 2 heterocycles. The normalized spacial score (nSPS) is 16.6. The smallest absolute Gasteiger partial charge is 0.350 e. The van der Waals surface area contributed by atoms with Gasteiger partial charge in [0.15, 0.2) is 5.69 Å². The van der Waals surface area contributed by atoms with Gasteiger partial charge in [0.2, 0.25) is 0 Å². The monoisotopic (exact) mass is 498 g/mol. The predicted octanol–water partition coefficient (Wildman–Crippen LogP) is 5.38. The van der Waals surface area contributed by atoms with Crippen LogP contribution in [0.2, 0.25) is 0 Å². The first kappa shape index (κ1) is 25.9. The highest BCUT2D eigenvalue weighted by Gasteiger charge is 2.30. The van der Waals surface area contributed by atoms with Crippen LogP contribution in [0.3, 0.4) is 0 Å². The lowest BCUT2D eigenvalue weighted by Gasteiger charge is -2.16. The summed E-state index contributed by atoms with van der Waals surface area (Å²) in [6.07, 6.45) is -1.80. The molecule has 1 aromatic heterocycles. The van der Waals surface area contributed by atoms with Gasteiger partial charge >= 0.3 is 6.18 Å². The molecule has 1 atom stereocenters. The SMILES string of the molecule is CC(C)Cc1cc(C(=O)NC[C@H]2CCN(CCc3ccc(C(F)(F)F)cc3)C2)nn1-c1ccccc1. The minimum Gasteiger partial charge on any atom is -0.350 e. The van der Waals surface area contributed by atoms with E-state index in [0.29, 0.717) is 30.5 Å². The number of rotatable bonds is 9. The summed E-state index contributed by atoms with van der Waals surface area (Å²) in [5, 5.41) is 7.65. The van der Waals surface area contributed by atoms with Crippen LogP contribution in [-0.4, -0.2) is 46.8 Å². The van der Waals surface area contributed by atoms with Gasteiger partial charge < -0.3 is 10.2 Å². The average Bonchev–Trinajstić information content (AvgIpc) is 3.48. The number of nitrogens with one attached hydrogen (secondary N) is 1. The van der Waals surface area contributed by atoms with Crippen LogP contribution in [0.25, 0.3) is 5.69 Å². The number of para-hydroxylation sites is 1. The first-order valence-electron chi connectivity index (χ1n) is 12.5. The molecule has 0 unspecified atom stereocenters. The van der Waals surface area contributed by atoms with Crippen molar-refractivity contribution in [2.24, 2.45) is 11.8 Å². The van der Waals surface area contributed by atoms with E-state index in [1.54, 1.807) is 12.1 Å². The van der Waals surface area contributed by atoms with Crippen LogP contribution in [0, 0.1) is 11.8 Å². The number of carbonyl (C=O) groups excluding carboxylic acids is 1. The Morgan fingerprint density at radius 2 is 1.83 bits per heavy atom. The topological polar surface area (TPSA) is 50.2 Å². The molecule has 0 saturated carbocycles. The fraction of sp³-hybridized carbons (Fsp3) is 0.429. The highest BCUT2D eigenvalue weighted by Crippen LogP contribution is 2.29. The maximum Gasteiger partial charge on any atom is 0.416 e. The number of alkyl halides is 3. The van der Waals surface area contributed by atoms with E-state index in [1.165, 1.54) is 0 Å². The third-order valence-corrected chi connectivity index (χ3v) is 6.55. The maximum absolute atomic E-state index is 12.9. The Morgan fingerprint density at radius 1 is 1.11 bits per heavy atom. The number of nitrogens with zero attached hydrogens (tertiary/aromatic N) is 3. The molecule has 0 radical (unpaired) electrons. The fourth-order valence-corrected chi connectivity index (χ4v) is 4.64. The van der Waals surface area contributed by atoms with Crippen molar-refractivity contribution in [3.63, 3.8) is 0 Å². The number of amides is 1. The Kier molecular flexibility index (Phi) is 8.14. The first-order valence-corrected chi connectivity index (χ1v) is 12.5. The summed E-state index contributed by atoms with van der Waals surface area (Å²) in [5.74, 6) is 0.609. The van der Waals surface area contributed by atoms with E-state index < -0.39 is 11.7 Å². The van der Waals surface area contributed by atoms with Gasteiger partial charge in [0.05, 0.1) is 11.3 Å². The minimum atomic E-state index is -4.30. The third kappa shape index (κ3) is 6.75. The lowest BCUT2D eigenvalue weighted by atomic mass is 10.1. The molecule has 1 aliphatic rings. The van der Waals surface area contributed by atoms with Gasteiger partial charge in [0, 0.05) is 25.3 Å². The highest BCUT2D eigenvalue weighted by atomic mass is 19.4. The highest BCUT2D eigenvalue weighted by molar-refractivity contribution is 5.92. The third-order valence-electron chi connectivity index (χ3n) is 6.55. The summed E-state index contributed by atoms with van der Waals surface area (Å²) in [6.45, 7) is 7.43. The van der Waals surface area contributed by atoms with Gasteiger partial charge in [-0.2, -0.15) is 18.3 Å². The van der Waals surface area contributed by atoms with Crippen LogP contribution in [0.1, 0.15) is 47.6 Å². The molecule has 0 spiro atoms. The number of aromatic nitrogens is 2. The number of carbonyl (C=O) groups is 1. The molecule has 3 aromatic rings. The molecule has 1 fully saturated rings. The molecule has 4 rings (SSSR count). The molecule has 2 aromatic carbocycles. The second kappa shape index (κ2) is 11.3. The van der Waals surface area contributed by atoms with E-state index >= 15 is 0 Å². The Morgan fingerprint density at radius 3 is 2.50 bits per heavy atom. The van der Waals surface area contributed by atoms with E-state index in [0.717, 1.165) is 61.6 Å². The van der Waals surface area contributed by atoms with Crippen molar-refractivity contribution < 1.29 is 18.0 Å². The summed E-state index contributed by atoms with van der Waals surface area (Å²) in [6, 6.07) is 17.1. The van der Waals surface area contributed by atoms with Crippen LogP contribution < -0.4 is 5.32 Å². The van der Waals surface area contributed by atoms with Crippen LogP contribution in [-0.2, 0) is 19.0 Å². The van der Waals surface area contributed by atoms with E-state index in [-0.39, 0.29) is 5.91 Å². The largest absolute Gasteiger partial charge is 0.416 e. The van der Waals surface area contributed by atoms with Crippen LogP contribution >= 0.6 is 0 Å². The number of benzene rings is 2. The van der Waals surface area contributed by atoms with Crippen molar-refractivity contribution in [3.8, 4) is 5.69 Å². The van der Waals surface area contributed by atoms with Gasteiger partial charge in [-0.1, -0.05) is 44.2 Å². The zero-order valence-electron chi connectivity index (χ0n) is 20.8. The van der Waals surface area contributed by atoms with Crippen molar-refractivity contribution in [2.75, 3.05) is 26.2 Å². The number of hydrogen-bond donors (Lipinski definition) is 1. The van der Waals surface area contributed by atoms with Crippen molar-refractivity contribution in [2.45, 2.75) is 39.3 Å². The second-order valence-corrected chi connectivity index (χ2v) is 9.98. The molecule has 192 valence electrons. The summed E-state index contributed by atoms with van der Waals surface area (Å²) >= 11 is 0. The first-order chi connectivity index (χ1) is 17.2. The summed E-state index contributed by atoms with van der Waals surface area (Å²) < 4.78 is 40.1. The van der Waals surface area contributed by atoms with Gasteiger partial charge in [-0.25, -0.2) is 4.68 Å². The van der Waals surface area contributed by atoms with Gasteiger partial charge in [0.25, 0.3) is 5.91 Å². The molecule has 1 N–H and O–H groups in total. The molecular formula is C28H33F3N4O. The average molecular weight is 499 g/mol. The van der Waals surface area contributed by atoms with E-state index in [2.05, 4.69) is 29.2 Å². The molecule has 1 aliphatic heterocycles. The fourth-order valence-electron chi connectivity index (χ4n) is 4.64. The number of hydrogen-bond acceptors (Lipinski definition) is 3. The van der Waals surface area contributed by atoms with Crippen molar-refractivity contribution in [1.29, 1.82) is 0 Å². The van der Waals surface area contributed by atoms with Crippen LogP contribution in [0.15, 0.2) is 60.7 Å². The van der Waals surface area contributed by atoms with Crippen molar-refractivity contribution in [3.05, 3.63) is 83.2 Å². The molecular weight excluding hydrogens is 465 g/mol. The van der Waals surface area contributed by atoms with Gasteiger partial charge in [0.1, 0.15) is 0 Å². The maximum atomic E-state index is 12.9. The standard InChI is InChI=1S/C28H33F3N4O/c1-20(2)16-25-17-26(33-35(25)24-6-4-3-5-7-24)27(36)32-18-22-13-15-34(19-22)14-12-21-8-10-23(11-9-21)28(29,30)31/h3-11,17,20,22H,12-16,18-19H2,1-2H3,(H,32,36)/t22-/m1/s1. The Balaban J connectivity index is 1.28. The summed E-state index contributed by atoms with van der Waals surface area (Å²) in [4.78, 5) is 15.2. The van der Waals surface area contributed by atoms with Crippen molar-refractivity contribution in [1.82, 2.24) is 20.0 Å². The molecule has 36 heavy (non-hydrogen) atoms. The molecule has 0 bridgehead atoms. The van der Waals surface area contributed by atoms with E-state index in [4.69, 9.17) is 0 Å². The van der Waals surface area contributed by atoms with Crippen LogP contribution in [0.5, 0.6) is 0 Å². The Bertz CT molecular complexity index is 1140. The van der Waals surface area contributed by atoms with Gasteiger partial charge in [-0.05, 0) is 73.5 Å². The molecule has 5 nitrogen and oxygen atoms in total. The summed E-state index contributed by atoms with van der Waals surface area (Å²) in [7, 11) is 0. The molecule has 1 amide bonds. The molecule has 1 saturated heterocycles. The minimum absolute atomic E-state index is 0.169. The zero-order chi connectivity index (χ0) is 25.7. The Labute approximate surface area is 210 Å². The lowest BCUT2D eigenvalue weighted by Crippen LogP contribution is -2.31. The number of halogens is 3. The van der Waals surface area contributed by atoms with Crippen molar-refractivity contribution >= 4 is 5.91 Å². The molecule has 8 heteroatoms. The number of likely N-dealkylation sites (tertiary alicyclic amines) is 1. The quantitative estimate of drug-likeness (QED) is 0.431. The molecule has 0 aliphatic carbocycles. The van der Waals surface area contributed by atoms with E-state index in [1.807, 2.05) is 41.1 Å². The van der Waals surface area contributed by atoms with Gasteiger partial charge in [-0.15, -0.1) is 0 Å². The predicted molar refractivity (Wildman–Crippen MR) is 134 cm³/mol. The zero-order valence-corrected chi connectivity index (χ0v) is 20.8. The summed E-state index contributed by atoms with van der Waals surface area (Å²) in [5.41, 5.74) is 2.65. The Hall–Kier alpha value is -3.13.